The van der Waals surface area contributed by atoms with Gasteiger partial charge in [-0.3, -0.25) is 4.90 Å². The van der Waals surface area contributed by atoms with Crippen molar-refractivity contribution in [2.75, 3.05) is 25.0 Å². The molecule has 0 amide bonds. The fraction of sp³-hybridized carbons (Fsp3) is 0.375. The van der Waals surface area contributed by atoms with Crippen LogP contribution in [0, 0.1) is 27.7 Å². The van der Waals surface area contributed by atoms with Crippen LogP contribution in [0.3, 0.4) is 0 Å². The normalized spacial score (nSPS) is 17.2. The van der Waals surface area contributed by atoms with E-state index in [0.29, 0.717) is 6.61 Å². The molecule has 1 aliphatic heterocycles. The molecular formula is C24H28N6OS. The molecule has 166 valence electrons. The van der Waals surface area contributed by atoms with E-state index >= 15 is 0 Å². The SMILES string of the molecule is Cc1nc(Nc2cccc([C@H]3CN(Cc4c(C)nc5c(C)cccn45)CCO3)n2)sc1C. The molecule has 1 saturated heterocycles. The second-order valence-corrected chi connectivity index (χ2v) is 9.56. The Balaban J connectivity index is 1.32. The molecule has 0 unspecified atom stereocenters. The maximum atomic E-state index is 6.11. The van der Waals surface area contributed by atoms with Crippen LogP contribution in [0.25, 0.3) is 5.65 Å². The molecule has 1 aliphatic rings. The van der Waals surface area contributed by atoms with E-state index in [1.54, 1.807) is 11.3 Å². The second kappa shape index (κ2) is 8.61. The van der Waals surface area contributed by atoms with Gasteiger partial charge in [0.2, 0.25) is 0 Å². The first-order valence-corrected chi connectivity index (χ1v) is 11.7. The molecule has 32 heavy (non-hydrogen) atoms. The van der Waals surface area contributed by atoms with E-state index in [0.717, 1.165) is 53.3 Å². The number of morpholine rings is 1. The van der Waals surface area contributed by atoms with E-state index in [4.69, 9.17) is 14.7 Å². The van der Waals surface area contributed by atoms with Crippen molar-refractivity contribution in [1.82, 2.24) is 24.3 Å². The maximum Gasteiger partial charge on any atom is 0.188 e. The van der Waals surface area contributed by atoms with Gasteiger partial charge in [0.05, 0.1) is 29.4 Å². The topological polar surface area (TPSA) is 67.6 Å². The number of thiazole rings is 1. The molecule has 1 N–H and O–H groups in total. The number of aryl methyl sites for hydroxylation is 4. The molecule has 0 saturated carbocycles. The van der Waals surface area contributed by atoms with Crippen molar-refractivity contribution >= 4 is 27.9 Å². The van der Waals surface area contributed by atoms with Crippen molar-refractivity contribution in [3.63, 3.8) is 0 Å². The molecule has 5 heterocycles. The van der Waals surface area contributed by atoms with Gasteiger partial charge in [-0.05, 0) is 51.5 Å². The fourth-order valence-corrected chi connectivity index (χ4v) is 4.95. The van der Waals surface area contributed by atoms with Crippen LogP contribution in [0.1, 0.15) is 39.3 Å². The molecule has 0 radical (unpaired) electrons. The predicted molar refractivity (Wildman–Crippen MR) is 128 cm³/mol. The van der Waals surface area contributed by atoms with Crippen LogP contribution in [0.5, 0.6) is 0 Å². The average molecular weight is 449 g/mol. The van der Waals surface area contributed by atoms with E-state index in [9.17, 15) is 0 Å². The Morgan fingerprint density at radius 1 is 1.06 bits per heavy atom. The first-order valence-electron chi connectivity index (χ1n) is 10.9. The fourth-order valence-electron chi connectivity index (χ4n) is 4.13. The summed E-state index contributed by atoms with van der Waals surface area (Å²) in [7, 11) is 0. The number of hydrogen-bond acceptors (Lipinski definition) is 7. The Kier molecular flexibility index (Phi) is 5.67. The molecule has 1 fully saturated rings. The van der Waals surface area contributed by atoms with Crippen LogP contribution in [0.4, 0.5) is 10.9 Å². The van der Waals surface area contributed by atoms with Crippen LogP contribution in [-0.4, -0.2) is 43.9 Å². The number of ether oxygens (including phenoxy) is 1. The predicted octanol–water partition coefficient (Wildman–Crippen LogP) is 4.74. The third kappa shape index (κ3) is 4.13. The molecule has 4 aromatic heterocycles. The van der Waals surface area contributed by atoms with Gasteiger partial charge in [0.25, 0.3) is 0 Å². The van der Waals surface area contributed by atoms with Gasteiger partial charge in [0.1, 0.15) is 17.6 Å². The number of rotatable bonds is 5. The van der Waals surface area contributed by atoms with Crippen molar-refractivity contribution in [1.29, 1.82) is 0 Å². The van der Waals surface area contributed by atoms with Crippen molar-refractivity contribution in [3.05, 3.63) is 69.7 Å². The van der Waals surface area contributed by atoms with Gasteiger partial charge in [0, 0.05) is 30.7 Å². The number of nitrogens with one attached hydrogen (secondary N) is 1. The number of nitrogens with zero attached hydrogens (tertiary/aromatic N) is 5. The summed E-state index contributed by atoms with van der Waals surface area (Å²) in [5.74, 6) is 0.796. The summed E-state index contributed by atoms with van der Waals surface area (Å²) >= 11 is 1.65. The minimum Gasteiger partial charge on any atom is -0.369 e. The molecule has 0 aliphatic carbocycles. The summed E-state index contributed by atoms with van der Waals surface area (Å²) in [5, 5.41) is 4.21. The summed E-state index contributed by atoms with van der Waals surface area (Å²) in [4.78, 5) is 17.8. The Morgan fingerprint density at radius 3 is 2.75 bits per heavy atom. The lowest BCUT2D eigenvalue weighted by atomic mass is 10.1. The highest BCUT2D eigenvalue weighted by atomic mass is 32.1. The lowest BCUT2D eigenvalue weighted by molar-refractivity contribution is -0.0354. The summed E-state index contributed by atoms with van der Waals surface area (Å²) in [5.41, 5.74) is 6.55. The largest absolute Gasteiger partial charge is 0.369 e. The van der Waals surface area contributed by atoms with Gasteiger partial charge in [-0.15, -0.1) is 11.3 Å². The lowest BCUT2D eigenvalue weighted by Crippen LogP contribution is -2.38. The standard InChI is InChI=1S/C24H28N6OS/c1-15-7-6-10-30-20(17(3)25-23(15)30)13-29-11-12-31-21(14-29)19-8-5-9-22(27-19)28-24-26-16(2)18(4)32-24/h5-10,21H,11-14H2,1-4H3,(H,26,27,28)/t21-/m1/s1. The zero-order chi connectivity index (χ0) is 22.2. The molecule has 0 bridgehead atoms. The minimum atomic E-state index is -0.0634. The lowest BCUT2D eigenvalue weighted by Gasteiger charge is -2.32. The zero-order valence-electron chi connectivity index (χ0n) is 18.9. The van der Waals surface area contributed by atoms with Crippen LogP contribution >= 0.6 is 11.3 Å². The zero-order valence-corrected chi connectivity index (χ0v) is 19.7. The number of aromatic nitrogens is 4. The van der Waals surface area contributed by atoms with Gasteiger partial charge in [0.15, 0.2) is 5.13 Å². The highest BCUT2D eigenvalue weighted by molar-refractivity contribution is 7.15. The van der Waals surface area contributed by atoms with Gasteiger partial charge < -0.3 is 14.5 Å². The molecule has 5 rings (SSSR count). The van der Waals surface area contributed by atoms with E-state index in [2.05, 4.69) is 58.7 Å². The van der Waals surface area contributed by atoms with Gasteiger partial charge in [-0.1, -0.05) is 12.1 Å². The number of imidazole rings is 1. The third-order valence-corrected chi connectivity index (χ3v) is 7.02. The molecule has 4 aromatic rings. The highest BCUT2D eigenvalue weighted by Gasteiger charge is 2.25. The van der Waals surface area contributed by atoms with E-state index in [1.165, 1.54) is 16.1 Å². The van der Waals surface area contributed by atoms with E-state index < -0.39 is 0 Å². The molecule has 7 nitrogen and oxygen atoms in total. The van der Waals surface area contributed by atoms with Crippen LogP contribution in [0.15, 0.2) is 36.5 Å². The maximum absolute atomic E-state index is 6.11. The van der Waals surface area contributed by atoms with Crippen molar-refractivity contribution in [3.8, 4) is 0 Å². The Bertz CT molecular complexity index is 1240. The second-order valence-electron chi connectivity index (χ2n) is 8.36. The minimum absolute atomic E-state index is 0.0634. The molecule has 0 spiro atoms. The van der Waals surface area contributed by atoms with Crippen molar-refractivity contribution in [2.24, 2.45) is 0 Å². The Labute approximate surface area is 192 Å². The summed E-state index contributed by atoms with van der Waals surface area (Å²) in [6.07, 6.45) is 2.04. The number of hydrogen-bond donors (Lipinski definition) is 1. The number of anilines is 2. The first kappa shape index (κ1) is 21.1. The van der Waals surface area contributed by atoms with Crippen molar-refractivity contribution < 1.29 is 4.74 Å². The van der Waals surface area contributed by atoms with Gasteiger partial charge >= 0.3 is 0 Å². The van der Waals surface area contributed by atoms with Gasteiger partial charge in [-0.25, -0.2) is 15.0 Å². The number of fused-ring (bicyclic) bond motifs is 1. The molecular weight excluding hydrogens is 420 g/mol. The third-order valence-electron chi connectivity index (χ3n) is 6.03. The molecule has 1 atom stereocenters. The quantitative estimate of drug-likeness (QED) is 0.476. The number of pyridine rings is 2. The monoisotopic (exact) mass is 448 g/mol. The average Bonchev–Trinajstić information content (AvgIpc) is 3.27. The first-order chi connectivity index (χ1) is 15.5. The van der Waals surface area contributed by atoms with Crippen LogP contribution in [0.2, 0.25) is 0 Å². The van der Waals surface area contributed by atoms with Crippen LogP contribution in [-0.2, 0) is 11.3 Å². The van der Waals surface area contributed by atoms with Crippen LogP contribution < -0.4 is 5.32 Å². The van der Waals surface area contributed by atoms with E-state index in [1.807, 2.05) is 25.1 Å². The Hall–Kier alpha value is -2.81. The summed E-state index contributed by atoms with van der Waals surface area (Å²) in [6.45, 7) is 11.5. The van der Waals surface area contributed by atoms with E-state index in [-0.39, 0.29) is 6.10 Å². The molecule has 8 heteroatoms. The summed E-state index contributed by atoms with van der Waals surface area (Å²) in [6, 6.07) is 10.2. The molecule has 0 aromatic carbocycles. The smallest absolute Gasteiger partial charge is 0.188 e. The summed E-state index contributed by atoms with van der Waals surface area (Å²) < 4.78 is 8.33. The Morgan fingerprint density at radius 2 is 1.94 bits per heavy atom. The highest BCUT2D eigenvalue weighted by Crippen LogP contribution is 2.27. The van der Waals surface area contributed by atoms with Gasteiger partial charge in [-0.2, -0.15) is 0 Å². The van der Waals surface area contributed by atoms with Crippen molar-refractivity contribution in [2.45, 2.75) is 40.3 Å².